The maximum atomic E-state index is 12.7. The zero-order chi connectivity index (χ0) is 22.0. The normalized spacial score (nSPS) is 17.0. The van der Waals surface area contributed by atoms with Gasteiger partial charge in [-0.3, -0.25) is 9.69 Å². The molecule has 0 amide bonds. The number of nitrogens with zero attached hydrogens (tertiary/aromatic N) is 4. The molecule has 2 aliphatic heterocycles. The summed E-state index contributed by atoms with van der Waals surface area (Å²) >= 11 is 6.24. The lowest BCUT2D eigenvalue weighted by molar-refractivity contribution is 0.171. The fourth-order valence-corrected chi connectivity index (χ4v) is 4.12. The van der Waals surface area contributed by atoms with Gasteiger partial charge >= 0.3 is 0 Å². The number of hydrogen-bond donors (Lipinski definition) is 1. The van der Waals surface area contributed by atoms with Crippen molar-refractivity contribution in [2.24, 2.45) is 0 Å². The van der Waals surface area contributed by atoms with Crippen molar-refractivity contribution in [3.8, 4) is 11.5 Å². The number of anilines is 2. The average Bonchev–Trinajstić information content (AvgIpc) is 2.75. The molecule has 0 saturated carbocycles. The molecule has 1 saturated heterocycles. The summed E-state index contributed by atoms with van der Waals surface area (Å²) in [4.78, 5) is 17.5. The monoisotopic (exact) mass is 447 g/mol. The van der Waals surface area contributed by atoms with Crippen LogP contribution in [-0.4, -0.2) is 67.2 Å². The number of aromatic nitrogens is 2. The van der Waals surface area contributed by atoms with Crippen LogP contribution in [0.5, 0.6) is 11.5 Å². The molecule has 1 N–H and O–H groups in total. The van der Waals surface area contributed by atoms with Crippen LogP contribution in [0.25, 0.3) is 0 Å². The summed E-state index contributed by atoms with van der Waals surface area (Å²) in [6.07, 6.45) is 1.53. The molecule has 0 aliphatic carbocycles. The third-order valence-electron chi connectivity index (χ3n) is 5.56. The Morgan fingerprint density at radius 1 is 1.13 bits per heavy atom. The number of fused-ring (bicyclic) bond motifs is 1. The third kappa shape index (κ3) is 4.75. The smallest absolute Gasteiger partial charge is 0.292 e. The van der Waals surface area contributed by atoms with Crippen molar-refractivity contribution in [1.29, 1.82) is 0 Å². The van der Waals surface area contributed by atoms with Gasteiger partial charge in [-0.05, 0) is 32.9 Å². The molecule has 0 radical (unpaired) electrons. The standard InChI is InChI=1S/C22H30ClN5O3/c1-22(2,3)28-21(29)19(16(23)15-25-28)24-7-8-26-9-11-27(12-10-26)17-5-4-6-18-20(17)31-14-13-30-18/h4-6,15,24H,7-14H2,1-3H3. The highest BCUT2D eigenvalue weighted by Gasteiger charge is 2.24. The molecule has 1 fully saturated rings. The highest BCUT2D eigenvalue weighted by Crippen LogP contribution is 2.39. The Kier molecular flexibility index (Phi) is 6.29. The van der Waals surface area contributed by atoms with Crippen LogP contribution in [0.2, 0.25) is 5.02 Å². The van der Waals surface area contributed by atoms with Crippen molar-refractivity contribution in [1.82, 2.24) is 14.7 Å². The number of nitrogens with one attached hydrogen (secondary N) is 1. The lowest BCUT2D eigenvalue weighted by Crippen LogP contribution is -2.48. The van der Waals surface area contributed by atoms with Crippen LogP contribution in [0.15, 0.2) is 29.2 Å². The van der Waals surface area contributed by atoms with Gasteiger partial charge in [-0.2, -0.15) is 5.10 Å². The van der Waals surface area contributed by atoms with Gasteiger partial charge in [0.2, 0.25) is 0 Å². The molecule has 1 aromatic heterocycles. The highest BCUT2D eigenvalue weighted by molar-refractivity contribution is 6.33. The SMILES string of the molecule is CC(C)(C)n1ncc(Cl)c(NCCN2CCN(c3cccc4c3OCCO4)CC2)c1=O. The average molecular weight is 448 g/mol. The van der Waals surface area contributed by atoms with Crippen LogP contribution in [0.1, 0.15) is 20.8 Å². The van der Waals surface area contributed by atoms with E-state index in [0.29, 0.717) is 30.5 Å². The minimum atomic E-state index is -0.403. The van der Waals surface area contributed by atoms with Gasteiger partial charge in [-0.1, -0.05) is 17.7 Å². The first-order chi connectivity index (χ1) is 14.8. The van der Waals surface area contributed by atoms with Crippen molar-refractivity contribution in [3.05, 3.63) is 39.8 Å². The second-order valence-corrected chi connectivity index (χ2v) is 9.22. The summed E-state index contributed by atoms with van der Waals surface area (Å²) < 4.78 is 13.0. The Labute approximate surface area is 187 Å². The second-order valence-electron chi connectivity index (χ2n) is 8.81. The Morgan fingerprint density at radius 2 is 1.87 bits per heavy atom. The number of para-hydroxylation sites is 1. The number of benzene rings is 1. The Hall–Kier alpha value is -2.45. The van der Waals surface area contributed by atoms with Gasteiger partial charge in [-0.15, -0.1) is 0 Å². The second kappa shape index (κ2) is 8.96. The molecular formula is C22H30ClN5O3. The first kappa shape index (κ1) is 21.8. The zero-order valence-electron chi connectivity index (χ0n) is 18.4. The number of hydrogen-bond acceptors (Lipinski definition) is 7. The maximum Gasteiger partial charge on any atom is 0.292 e. The van der Waals surface area contributed by atoms with Crippen LogP contribution < -0.4 is 25.2 Å². The van der Waals surface area contributed by atoms with E-state index in [1.54, 1.807) is 0 Å². The molecule has 0 bridgehead atoms. The molecule has 0 atom stereocenters. The highest BCUT2D eigenvalue weighted by atomic mass is 35.5. The molecule has 31 heavy (non-hydrogen) atoms. The zero-order valence-corrected chi connectivity index (χ0v) is 19.1. The van der Waals surface area contributed by atoms with Crippen molar-refractivity contribution >= 4 is 23.0 Å². The van der Waals surface area contributed by atoms with Crippen LogP contribution in [0.4, 0.5) is 11.4 Å². The van der Waals surface area contributed by atoms with Crippen molar-refractivity contribution in [2.45, 2.75) is 26.3 Å². The Balaban J connectivity index is 1.33. The van der Waals surface area contributed by atoms with Crippen LogP contribution in [0.3, 0.4) is 0 Å². The molecule has 0 unspecified atom stereocenters. The van der Waals surface area contributed by atoms with Gasteiger partial charge in [0.1, 0.15) is 18.9 Å². The number of rotatable bonds is 5. The molecule has 9 heteroatoms. The number of halogens is 1. The van der Waals surface area contributed by atoms with Crippen molar-refractivity contribution in [2.75, 3.05) is 62.7 Å². The fraction of sp³-hybridized carbons (Fsp3) is 0.545. The fourth-order valence-electron chi connectivity index (χ4n) is 3.93. The molecule has 8 nitrogen and oxygen atoms in total. The predicted molar refractivity (Wildman–Crippen MR) is 123 cm³/mol. The van der Waals surface area contributed by atoms with E-state index in [1.807, 2.05) is 32.9 Å². The van der Waals surface area contributed by atoms with E-state index in [0.717, 1.165) is 49.9 Å². The van der Waals surface area contributed by atoms with E-state index in [-0.39, 0.29) is 5.56 Å². The van der Waals surface area contributed by atoms with E-state index in [9.17, 15) is 4.79 Å². The minimum absolute atomic E-state index is 0.194. The van der Waals surface area contributed by atoms with Gasteiger partial charge in [-0.25, -0.2) is 4.68 Å². The minimum Gasteiger partial charge on any atom is -0.486 e. The summed E-state index contributed by atoms with van der Waals surface area (Å²) in [5, 5.41) is 7.75. The molecule has 168 valence electrons. The summed E-state index contributed by atoms with van der Waals surface area (Å²) in [5.41, 5.74) is 0.917. The number of piperazine rings is 1. The van der Waals surface area contributed by atoms with Gasteiger partial charge < -0.3 is 19.7 Å². The summed E-state index contributed by atoms with van der Waals surface area (Å²) in [6, 6.07) is 6.07. The molecular weight excluding hydrogens is 418 g/mol. The summed E-state index contributed by atoms with van der Waals surface area (Å²) in [7, 11) is 0. The molecule has 1 aromatic carbocycles. The number of ether oxygens (including phenoxy) is 2. The summed E-state index contributed by atoms with van der Waals surface area (Å²) in [5.74, 6) is 1.68. The molecule has 2 aromatic rings. The van der Waals surface area contributed by atoms with Crippen LogP contribution in [-0.2, 0) is 5.54 Å². The van der Waals surface area contributed by atoms with E-state index in [1.165, 1.54) is 10.9 Å². The quantitative estimate of drug-likeness (QED) is 0.755. The summed E-state index contributed by atoms with van der Waals surface area (Å²) in [6.45, 7) is 12.2. The molecule has 2 aliphatic rings. The van der Waals surface area contributed by atoms with Crippen molar-refractivity contribution in [3.63, 3.8) is 0 Å². The lowest BCUT2D eigenvalue weighted by atomic mass is 10.1. The molecule has 4 rings (SSSR count). The van der Waals surface area contributed by atoms with Crippen molar-refractivity contribution < 1.29 is 9.47 Å². The first-order valence-corrected chi connectivity index (χ1v) is 11.1. The van der Waals surface area contributed by atoms with Gasteiger partial charge in [0, 0.05) is 39.3 Å². The van der Waals surface area contributed by atoms with Crippen LogP contribution >= 0.6 is 11.6 Å². The topological polar surface area (TPSA) is 71.9 Å². The van der Waals surface area contributed by atoms with E-state index < -0.39 is 5.54 Å². The van der Waals surface area contributed by atoms with E-state index in [4.69, 9.17) is 21.1 Å². The predicted octanol–water partition coefficient (Wildman–Crippen LogP) is 2.66. The lowest BCUT2D eigenvalue weighted by Gasteiger charge is -2.37. The molecule has 0 spiro atoms. The Bertz CT molecular complexity index is 980. The first-order valence-electron chi connectivity index (χ1n) is 10.7. The van der Waals surface area contributed by atoms with Gasteiger partial charge in [0.25, 0.3) is 5.56 Å². The van der Waals surface area contributed by atoms with Gasteiger partial charge in [0.05, 0.1) is 22.4 Å². The Morgan fingerprint density at radius 3 is 2.61 bits per heavy atom. The maximum absolute atomic E-state index is 12.7. The largest absolute Gasteiger partial charge is 0.486 e. The van der Waals surface area contributed by atoms with E-state index >= 15 is 0 Å². The van der Waals surface area contributed by atoms with Crippen LogP contribution in [0, 0.1) is 0 Å². The van der Waals surface area contributed by atoms with Gasteiger partial charge in [0.15, 0.2) is 11.5 Å². The third-order valence-corrected chi connectivity index (χ3v) is 5.84. The molecule has 3 heterocycles. The van der Waals surface area contributed by atoms with E-state index in [2.05, 4.69) is 26.3 Å².